The number of carbonyl (C=O) groups is 1. The third-order valence-corrected chi connectivity index (χ3v) is 6.12. The fraction of sp³-hybridized carbons (Fsp3) is 0.185. The Kier molecular flexibility index (Phi) is 6.45. The number of hydrogen-bond acceptors (Lipinski definition) is 6. The van der Waals surface area contributed by atoms with Crippen molar-refractivity contribution in [3.05, 3.63) is 78.5 Å². The van der Waals surface area contributed by atoms with Crippen molar-refractivity contribution in [2.75, 3.05) is 30.6 Å². The first-order valence-electron chi connectivity index (χ1n) is 11.4. The van der Waals surface area contributed by atoms with Gasteiger partial charge in [-0.25, -0.2) is 4.79 Å². The van der Waals surface area contributed by atoms with Crippen LogP contribution in [0.2, 0.25) is 0 Å². The van der Waals surface area contributed by atoms with Gasteiger partial charge in [0, 0.05) is 29.0 Å². The third kappa shape index (κ3) is 4.63. The van der Waals surface area contributed by atoms with Crippen LogP contribution in [0.25, 0.3) is 10.9 Å². The number of pyridine rings is 1. The number of ether oxygens (including phenoxy) is 3. The highest BCUT2D eigenvalue weighted by Crippen LogP contribution is 2.38. The molecule has 2 heterocycles. The molecule has 11 heteroatoms. The van der Waals surface area contributed by atoms with E-state index in [1.165, 1.54) is 26.4 Å². The van der Waals surface area contributed by atoms with Crippen LogP contribution >= 0.6 is 0 Å². The van der Waals surface area contributed by atoms with Crippen LogP contribution < -0.4 is 24.0 Å². The summed E-state index contributed by atoms with van der Waals surface area (Å²) in [6.45, 7) is -0.188. The van der Waals surface area contributed by atoms with Gasteiger partial charge < -0.3 is 19.3 Å². The Morgan fingerprint density at radius 2 is 1.63 bits per heavy atom. The SMILES string of the molecule is COc1cc2nccc(Oc3ccc(N4C(=O)N(c5cccc(C(F)(F)F)c5)C[C@@H]4O)cc3)c2cc1OC. The summed E-state index contributed by atoms with van der Waals surface area (Å²) in [4.78, 5) is 19.6. The number of halogens is 3. The summed E-state index contributed by atoms with van der Waals surface area (Å²) in [6.07, 6.45) is -4.21. The van der Waals surface area contributed by atoms with Gasteiger partial charge in [-0.2, -0.15) is 13.2 Å². The summed E-state index contributed by atoms with van der Waals surface area (Å²) in [5, 5.41) is 11.3. The third-order valence-electron chi connectivity index (χ3n) is 6.12. The molecule has 0 bridgehead atoms. The van der Waals surface area contributed by atoms with E-state index in [9.17, 15) is 23.1 Å². The maximum absolute atomic E-state index is 13.1. The van der Waals surface area contributed by atoms with Crippen molar-refractivity contribution in [3.63, 3.8) is 0 Å². The number of benzene rings is 3. The Morgan fingerprint density at radius 3 is 2.32 bits per heavy atom. The van der Waals surface area contributed by atoms with E-state index in [1.807, 2.05) is 0 Å². The number of aromatic nitrogens is 1. The molecule has 1 atom stereocenters. The average Bonchev–Trinajstić information content (AvgIpc) is 3.21. The minimum atomic E-state index is -4.55. The van der Waals surface area contributed by atoms with Gasteiger partial charge in [0.05, 0.1) is 31.8 Å². The maximum Gasteiger partial charge on any atom is 0.416 e. The van der Waals surface area contributed by atoms with E-state index in [0.29, 0.717) is 39.6 Å². The van der Waals surface area contributed by atoms with E-state index in [4.69, 9.17) is 14.2 Å². The van der Waals surface area contributed by atoms with E-state index in [1.54, 1.807) is 48.7 Å². The Bertz CT molecular complexity index is 1490. The highest BCUT2D eigenvalue weighted by Gasteiger charge is 2.39. The summed E-state index contributed by atoms with van der Waals surface area (Å²) in [6, 6.07) is 15.4. The van der Waals surface area contributed by atoms with E-state index < -0.39 is 24.0 Å². The van der Waals surface area contributed by atoms with Crippen LogP contribution in [0.1, 0.15) is 5.56 Å². The lowest BCUT2D eigenvalue weighted by Crippen LogP contribution is -2.34. The van der Waals surface area contributed by atoms with Crippen LogP contribution in [0.5, 0.6) is 23.0 Å². The van der Waals surface area contributed by atoms with Crippen LogP contribution in [0, 0.1) is 0 Å². The van der Waals surface area contributed by atoms with E-state index >= 15 is 0 Å². The van der Waals surface area contributed by atoms with Gasteiger partial charge in [0.15, 0.2) is 17.7 Å². The number of nitrogens with zero attached hydrogens (tertiary/aromatic N) is 3. The highest BCUT2D eigenvalue weighted by molar-refractivity contribution is 6.06. The second-order valence-electron chi connectivity index (χ2n) is 8.42. The largest absolute Gasteiger partial charge is 0.493 e. The molecule has 1 saturated heterocycles. The molecule has 196 valence electrons. The summed E-state index contributed by atoms with van der Waals surface area (Å²) >= 11 is 0. The lowest BCUT2D eigenvalue weighted by atomic mass is 10.2. The first kappa shape index (κ1) is 25.2. The molecular weight excluding hydrogens is 503 g/mol. The first-order chi connectivity index (χ1) is 18.2. The molecular formula is C27H22F3N3O5. The van der Waals surface area contributed by atoms with Crippen LogP contribution in [0.15, 0.2) is 72.9 Å². The van der Waals surface area contributed by atoms with Crippen LogP contribution in [-0.2, 0) is 6.18 Å². The minimum Gasteiger partial charge on any atom is -0.493 e. The Morgan fingerprint density at radius 1 is 0.921 bits per heavy atom. The zero-order valence-corrected chi connectivity index (χ0v) is 20.3. The normalized spacial score (nSPS) is 15.7. The molecule has 0 saturated carbocycles. The molecule has 8 nitrogen and oxygen atoms in total. The Labute approximate surface area is 215 Å². The van der Waals surface area contributed by atoms with Crippen LogP contribution in [0.4, 0.5) is 29.3 Å². The molecule has 5 rings (SSSR count). The maximum atomic E-state index is 13.1. The molecule has 1 N–H and O–H groups in total. The van der Waals surface area contributed by atoms with E-state index in [-0.39, 0.29) is 12.2 Å². The number of fused-ring (bicyclic) bond motifs is 1. The van der Waals surface area contributed by atoms with Gasteiger partial charge in [0.2, 0.25) is 0 Å². The monoisotopic (exact) mass is 525 g/mol. The molecule has 1 aliphatic heterocycles. The molecule has 3 aromatic carbocycles. The lowest BCUT2D eigenvalue weighted by Gasteiger charge is -2.21. The molecule has 0 unspecified atom stereocenters. The molecule has 1 aromatic heterocycles. The van der Waals surface area contributed by atoms with Gasteiger partial charge in [-0.05, 0) is 54.6 Å². The molecule has 0 radical (unpaired) electrons. The smallest absolute Gasteiger partial charge is 0.416 e. The number of hydrogen-bond donors (Lipinski definition) is 1. The van der Waals surface area contributed by atoms with Gasteiger partial charge in [0.25, 0.3) is 0 Å². The van der Waals surface area contributed by atoms with Gasteiger partial charge in [-0.1, -0.05) is 6.07 Å². The second-order valence-corrected chi connectivity index (χ2v) is 8.42. The topological polar surface area (TPSA) is 84.4 Å². The number of carbonyl (C=O) groups excluding carboxylic acids is 1. The van der Waals surface area contributed by atoms with Crippen molar-refractivity contribution in [1.29, 1.82) is 0 Å². The molecule has 2 amide bonds. The van der Waals surface area contributed by atoms with Crippen molar-refractivity contribution < 1.29 is 37.3 Å². The molecule has 1 fully saturated rings. The number of alkyl halides is 3. The summed E-state index contributed by atoms with van der Waals surface area (Å²) < 4.78 is 56.2. The molecule has 0 aliphatic carbocycles. The van der Waals surface area contributed by atoms with Crippen molar-refractivity contribution >= 4 is 28.3 Å². The molecule has 4 aromatic rings. The van der Waals surface area contributed by atoms with Gasteiger partial charge in [0.1, 0.15) is 11.5 Å². The molecule has 38 heavy (non-hydrogen) atoms. The number of aliphatic hydroxyl groups excluding tert-OH is 1. The van der Waals surface area contributed by atoms with Crippen molar-refractivity contribution in [2.24, 2.45) is 0 Å². The summed E-state index contributed by atoms with van der Waals surface area (Å²) in [5.74, 6) is 2.01. The number of urea groups is 1. The average molecular weight is 525 g/mol. The Hall–Kier alpha value is -4.51. The zero-order chi connectivity index (χ0) is 27.0. The predicted molar refractivity (Wildman–Crippen MR) is 134 cm³/mol. The number of anilines is 2. The fourth-order valence-electron chi connectivity index (χ4n) is 4.27. The van der Waals surface area contributed by atoms with Crippen molar-refractivity contribution in [3.8, 4) is 23.0 Å². The van der Waals surface area contributed by atoms with Crippen LogP contribution in [-0.4, -0.2) is 43.1 Å². The second kappa shape index (κ2) is 9.75. The van der Waals surface area contributed by atoms with Crippen LogP contribution in [0.3, 0.4) is 0 Å². The first-order valence-corrected chi connectivity index (χ1v) is 11.4. The standard InChI is InChI=1S/C27H22F3N3O5/c1-36-23-13-20-21(14-24(23)37-2)31-11-10-22(20)38-19-8-6-17(7-9-19)33-25(34)15-32(26(33)35)18-5-3-4-16(12-18)27(28,29)30/h3-14,25,34H,15H2,1-2H3/t25-/m0/s1. The number of amides is 2. The van der Waals surface area contributed by atoms with E-state index in [0.717, 1.165) is 21.9 Å². The number of rotatable bonds is 6. The van der Waals surface area contributed by atoms with E-state index in [2.05, 4.69) is 4.98 Å². The van der Waals surface area contributed by atoms with Gasteiger partial charge in [-0.15, -0.1) is 0 Å². The highest BCUT2D eigenvalue weighted by atomic mass is 19.4. The molecule has 1 aliphatic rings. The number of β-amino-alcohol motifs (C(OH)–C–C–N with tert-alkyl or cyclic N) is 1. The fourth-order valence-corrected chi connectivity index (χ4v) is 4.27. The predicted octanol–water partition coefficient (Wildman–Crippen LogP) is 5.83. The minimum absolute atomic E-state index is 0.0444. The number of methoxy groups -OCH3 is 2. The zero-order valence-electron chi connectivity index (χ0n) is 20.3. The van der Waals surface area contributed by atoms with Gasteiger partial charge in [-0.3, -0.25) is 14.8 Å². The van der Waals surface area contributed by atoms with Gasteiger partial charge >= 0.3 is 12.2 Å². The summed E-state index contributed by atoms with van der Waals surface area (Å²) in [7, 11) is 3.06. The Balaban J connectivity index is 1.38. The number of aliphatic hydroxyl groups is 1. The lowest BCUT2D eigenvalue weighted by molar-refractivity contribution is -0.137. The molecule has 0 spiro atoms. The quantitative estimate of drug-likeness (QED) is 0.341. The summed E-state index contributed by atoms with van der Waals surface area (Å²) in [5.41, 5.74) is 0.160. The van der Waals surface area contributed by atoms with Crippen molar-refractivity contribution in [2.45, 2.75) is 12.4 Å². The van der Waals surface area contributed by atoms with Crippen molar-refractivity contribution in [1.82, 2.24) is 4.98 Å².